The lowest BCUT2D eigenvalue weighted by molar-refractivity contribution is -0.137. The summed E-state index contributed by atoms with van der Waals surface area (Å²) in [6.45, 7) is 2.85. The first-order chi connectivity index (χ1) is 9.06. The molecule has 1 aromatic carbocycles. The number of benzene rings is 1. The van der Waals surface area contributed by atoms with E-state index < -0.39 is 5.97 Å². The van der Waals surface area contributed by atoms with Gasteiger partial charge in [-0.05, 0) is 19.2 Å². The Labute approximate surface area is 113 Å². The van der Waals surface area contributed by atoms with Crippen molar-refractivity contribution >= 4 is 11.9 Å². The van der Waals surface area contributed by atoms with Gasteiger partial charge in [0, 0.05) is 6.54 Å². The number of carboxylic acids is 1. The number of nitrogens with zero attached hydrogens (tertiary/aromatic N) is 1. The Kier molecular flexibility index (Phi) is 6.02. The fourth-order valence-electron chi connectivity index (χ4n) is 1.81. The number of carbonyl (C=O) groups is 2. The maximum Gasteiger partial charge on any atom is 0.305 e. The Morgan fingerprint density at radius 2 is 1.95 bits per heavy atom. The lowest BCUT2D eigenvalue weighted by Crippen LogP contribution is -2.39. The topological polar surface area (TPSA) is 69.6 Å². The van der Waals surface area contributed by atoms with Crippen LogP contribution in [0.4, 0.5) is 0 Å². The van der Waals surface area contributed by atoms with E-state index in [0.717, 1.165) is 12.1 Å². The van der Waals surface area contributed by atoms with Crippen molar-refractivity contribution in [2.45, 2.75) is 19.4 Å². The molecule has 1 rings (SSSR count). The van der Waals surface area contributed by atoms with Gasteiger partial charge >= 0.3 is 5.97 Å². The molecule has 0 spiro atoms. The molecule has 1 atom stereocenters. The van der Waals surface area contributed by atoms with Gasteiger partial charge in [-0.2, -0.15) is 0 Å². The smallest absolute Gasteiger partial charge is 0.305 e. The van der Waals surface area contributed by atoms with Gasteiger partial charge in [-0.1, -0.05) is 37.3 Å². The summed E-state index contributed by atoms with van der Waals surface area (Å²) in [5.74, 6) is -1.09. The summed E-state index contributed by atoms with van der Waals surface area (Å²) in [6, 6.07) is 9.07. The average molecular weight is 264 g/mol. The van der Waals surface area contributed by atoms with Crippen LogP contribution >= 0.6 is 0 Å². The molecule has 0 aliphatic carbocycles. The monoisotopic (exact) mass is 264 g/mol. The maximum atomic E-state index is 12.2. The van der Waals surface area contributed by atoms with Crippen LogP contribution in [0, 0.1) is 0 Å². The number of likely N-dealkylation sites (N-methyl/N-ethyl adjacent to an activating group) is 1. The minimum absolute atomic E-state index is 0.0664. The summed E-state index contributed by atoms with van der Waals surface area (Å²) in [7, 11) is 1.87. The minimum atomic E-state index is -0.916. The van der Waals surface area contributed by atoms with Gasteiger partial charge < -0.3 is 10.4 Å². The molecular formula is C14H20N2O3. The zero-order valence-corrected chi connectivity index (χ0v) is 11.3. The Bertz CT molecular complexity index is 420. The number of carboxylic acid groups (broad SMARTS) is 1. The first kappa shape index (κ1) is 15.2. The highest BCUT2D eigenvalue weighted by Gasteiger charge is 2.23. The van der Waals surface area contributed by atoms with Gasteiger partial charge in [0.1, 0.15) is 6.04 Å². The van der Waals surface area contributed by atoms with Crippen molar-refractivity contribution in [3.8, 4) is 0 Å². The van der Waals surface area contributed by atoms with Crippen LogP contribution in [0.25, 0.3) is 0 Å². The molecule has 5 heteroatoms. The second-order valence-corrected chi connectivity index (χ2v) is 4.32. The Morgan fingerprint density at radius 1 is 1.32 bits per heavy atom. The molecular weight excluding hydrogens is 244 g/mol. The van der Waals surface area contributed by atoms with Gasteiger partial charge in [-0.3, -0.25) is 14.5 Å². The molecule has 0 aromatic heterocycles. The van der Waals surface area contributed by atoms with Crippen molar-refractivity contribution < 1.29 is 14.7 Å². The van der Waals surface area contributed by atoms with Gasteiger partial charge in [-0.25, -0.2) is 0 Å². The summed E-state index contributed by atoms with van der Waals surface area (Å²) >= 11 is 0. The fourth-order valence-corrected chi connectivity index (χ4v) is 1.81. The molecule has 1 amide bonds. The van der Waals surface area contributed by atoms with Crippen LogP contribution in [0.5, 0.6) is 0 Å². The zero-order chi connectivity index (χ0) is 14.3. The van der Waals surface area contributed by atoms with E-state index in [9.17, 15) is 9.59 Å². The predicted molar refractivity (Wildman–Crippen MR) is 72.7 cm³/mol. The van der Waals surface area contributed by atoms with Gasteiger partial charge in [0.2, 0.25) is 5.91 Å². The van der Waals surface area contributed by atoms with Gasteiger partial charge in [0.05, 0.1) is 6.42 Å². The molecule has 5 nitrogen and oxygen atoms in total. The Morgan fingerprint density at radius 3 is 2.47 bits per heavy atom. The molecule has 0 radical (unpaired) electrons. The Hall–Kier alpha value is -1.88. The summed E-state index contributed by atoms with van der Waals surface area (Å²) in [4.78, 5) is 24.6. The lowest BCUT2D eigenvalue weighted by Gasteiger charge is -2.26. The summed E-state index contributed by atoms with van der Waals surface area (Å²) < 4.78 is 0. The third-order valence-electron chi connectivity index (χ3n) is 2.94. The van der Waals surface area contributed by atoms with Crippen molar-refractivity contribution in [2.24, 2.45) is 0 Å². The number of aliphatic carboxylic acids is 1. The molecule has 2 N–H and O–H groups in total. The lowest BCUT2D eigenvalue weighted by atomic mass is 10.0. The highest BCUT2D eigenvalue weighted by molar-refractivity contribution is 5.83. The van der Waals surface area contributed by atoms with Crippen LogP contribution in [-0.2, 0) is 9.59 Å². The molecule has 0 saturated heterocycles. The van der Waals surface area contributed by atoms with E-state index in [1.807, 2.05) is 49.2 Å². The molecule has 0 fully saturated rings. The summed E-state index contributed by atoms with van der Waals surface area (Å²) in [5, 5.41) is 11.2. The van der Waals surface area contributed by atoms with Gasteiger partial charge in [-0.15, -0.1) is 0 Å². The van der Waals surface area contributed by atoms with Crippen molar-refractivity contribution in [1.29, 1.82) is 0 Å². The molecule has 19 heavy (non-hydrogen) atoms. The van der Waals surface area contributed by atoms with Crippen LogP contribution in [0.1, 0.15) is 24.9 Å². The number of nitrogens with one attached hydrogen (secondary N) is 1. The van der Waals surface area contributed by atoms with E-state index in [-0.39, 0.29) is 24.9 Å². The molecule has 1 unspecified atom stereocenters. The van der Waals surface area contributed by atoms with Crippen LogP contribution in [0.3, 0.4) is 0 Å². The largest absolute Gasteiger partial charge is 0.481 e. The predicted octanol–water partition coefficient (Wildman–Crippen LogP) is 1.27. The van der Waals surface area contributed by atoms with Crippen molar-refractivity contribution in [1.82, 2.24) is 10.2 Å². The highest BCUT2D eigenvalue weighted by Crippen LogP contribution is 2.18. The normalized spacial score (nSPS) is 12.2. The van der Waals surface area contributed by atoms with E-state index in [1.165, 1.54) is 0 Å². The van der Waals surface area contributed by atoms with E-state index in [1.54, 1.807) is 0 Å². The number of hydrogen-bond acceptors (Lipinski definition) is 3. The molecule has 104 valence electrons. The standard InChI is InChI=1S/C14H20N2O3/c1-3-16(2)13(11-7-5-4-6-8-11)14(19)15-10-9-12(17)18/h4-8,13H,3,9-10H2,1-2H3,(H,15,19)(H,17,18). The molecule has 0 aliphatic rings. The zero-order valence-electron chi connectivity index (χ0n) is 11.3. The van der Waals surface area contributed by atoms with Gasteiger partial charge in [0.15, 0.2) is 0 Å². The van der Waals surface area contributed by atoms with Crippen LogP contribution < -0.4 is 5.32 Å². The Balaban J connectivity index is 2.75. The quantitative estimate of drug-likeness (QED) is 0.778. The minimum Gasteiger partial charge on any atom is -0.481 e. The first-order valence-electron chi connectivity index (χ1n) is 6.31. The van der Waals surface area contributed by atoms with Crippen LogP contribution in [0.15, 0.2) is 30.3 Å². The number of rotatable bonds is 7. The fraction of sp³-hybridized carbons (Fsp3) is 0.429. The molecule has 0 aliphatic heterocycles. The molecule has 1 aromatic rings. The third-order valence-corrected chi connectivity index (χ3v) is 2.94. The number of carbonyl (C=O) groups excluding carboxylic acids is 1. The first-order valence-corrected chi connectivity index (χ1v) is 6.31. The molecule has 0 heterocycles. The second kappa shape index (κ2) is 7.53. The van der Waals surface area contributed by atoms with Crippen LogP contribution in [0.2, 0.25) is 0 Å². The maximum absolute atomic E-state index is 12.2. The van der Waals surface area contributed by atoms with Gasteiger partial charge in [0.25, 0.3) is 0 Å². The second-order valence-electron chi connectivity index (χ2n) is 4.32. The SMILES string of the molecule is CCN(C)C(C(=O)NCCC(=O)O)c1ccccc1. The third kappa shape index (κ3) is 4.71. The highest BCUT2D eigenvalue weighted by atomic mass is 16.4. The van der Waals surface area contributed by atoms with Crippen molar-refractivity contribution in [3.05, 3.63) is 35.9 Å². The summed E-state index contributed by atoms with van der Waals surface area (Å²) in [5.41, 5.74) is 0.902. The number of amides is 1. The van der Waals surface area contributed by atoms with E-state index >= 15 is 0 Å². The van der Waals surface area contributed by atoms with E-state index in [4.69, 9.17) is 5.11 Å². The van der Waals surface area contributed by atoms with E-state index in [2.05, 4.69) is 5.32 Å². The number of hydrogen-bond donors (Lipinski definition) is 2. The van der Waals surface area contributed by atoms with Crippen molar-refractivity contribution in [3.63, 3.8) is 0 Å². The van der Waals surface area contributed by atoms with Crippen LogP contribution in [-0.4, -0.2) is 42.0 Å². The average Bonchev–Trinajstić information content (AvgIpc) is 2.39. The molecule has 0 bridgehead atoms. The van der Waals surface area contributed by atoms with E-state index in [0.29, 0.717) is 0 Å². The van der Waals surface area contributed by atoms with Crippen molar-refractivity contribution in [2.75, 3.05) is 20.1 Å². The summed E-state index contributed by atoms with van der Waals surface area (Å²) in [6.07, 6.45) is -0.0664. The molecule has 0 saturated carbocycles.